The SMILES string of the molecule is O=S(=O)(O)c1ccc2c(c1)sc1ccccc12. The molecule has 0 aliphatic rings. The Kier molecular flexibility index (Phi) is 2.22. The van der Waals surface area contributed by atoms with Crippen LogP contribution in [0.3, 0.4) is 0 Å². The molecule has 0 saturated carbocycles. The third-order valence-electron chi connectivity index (χ3n) is 2.65. The summed E-state index contributed by atoms with van der Waals surface area (Å²) in [5.74, 6) is 0. The first-order valence-corrected chi connectivity index (χ1v) is 7.20. The van der Waals surface area contributed by atoms with Crippen molar-refractivity contribution in [1.82, 2.24) is 0 Å². The predicted octanol–water partition coefficient (Wildman–Crippen LogP) is 3.30. The summed E-state index contributed by atoms with van der Waals surface area (Å²) in [6.07, 6.45) is 0. The molecule has 0 aliphatic heterocycles. The third-order valence-corrected chi connectivity index (χ3v) is 4.63. The molecule has 0 spiro atoms. The fourth-order valence-electron chi connectivity index (χ4n) is 1.87. The van der Waals surface area contributed by atoms with Crippen LogP contribution < -0.4 is 0 Å². The maximum absolute atomic E-state index is 11.1. The number of rotatable bonds is 1. The summed E-state index contributed by atoms with van der Waals surface area (Å²) in [7, 11) is -4.13. The van der Waals surface area contributed by atoms with Crippen molar-refractivity contribution >= 4 is 41.6 Å². The highest BCUT2D eigenvalue weighted by Gasteiger charge is 2.12. The van der Waals surface area contributed by atoms with E-state index in [0.717, 1.165) is 20.2 Å². The van der Waals surface area contributed by atoms with Crippen LogP contribution in [0.25, 0.3) is 20.2 Å². The third kappa shape index (κ3) is 1.72. The van der Waals surface area contributed by atoms with Crippen molar-refractivity contribution in [2.75, 3.05) is 0 Å². The Morgan fingerprint density at radius 2 is 1.65 bits per heavy atom. The van der Waals surface area contributed by atoms with Crippen molar-refractivity contribution in [2.45, 2.75) is 4.90 Å². The molecule has 0 saturated heterocycles. The molecule has 5 heteroatoms. The van der Waals surface area contributed by atoms with Gasteiger partial charge in [0.1, 0.15) is 0 Å². The standard InChI is InChI=1S/C12H8O3S2/c13-17(14,15)8-5-6-10-9-3-1-2-4-11(9)16-12(10)7-8/h1-7H,(H,13,14,15). The Morgan fingerprint density at radius 1 is 0.941 bits per heavy atom. The van der Waals surface area contributed by atoms with E-state index in [1.54, 1.807) is 6.07 Å². The van der Waals surface area contributed by atoms with Gasteiger partial charge < -0.3 is 0 Å². The van der Waals surface area contributed by atoms with Crippen LogP contribution in [0, 0.1) is 0 Å². The van der Waals surface area contributed by atoms with Gasteiger partial charge in [0.05, 0.1) is 4.90 Å². The van der Waals surface area contributed by atoms with Gasteiger partial charge in [-0.05, 0) is 18.2 Å². The van der Waals surface area contributed by atoms with Gasteiger partial charge in [0.2, 0.25) is 0 Å². The van der Waals surface area contributed by atoms with Gasteiger partial charge in [-0.3, -0.25) is 4.55 Å². The van der Waals surface area contributed by atoms with Gasteiger partial charge in [0.15, 0.2) is 0 Å². The average Bonchev–Trinajstić information content (AvgIpc) is 2.65. The highest BCUT2D eigenvalue weighted by atomic mass is 32.2. The molecule has 1 aromatic heterocycles. The fraction of sp³-hybridized carbons (Fsp3) is 0. The lowest BCUT2D eigenvalue weighted by atomic mass is 10.2. The van der Waals surface area contributed by atoms with E-state index in [1.807, 2.05) is 24.3 Å². The quantitative estimate of drug-likeness (QED) is 0.686. The van der Waals surface area contributed by atoms with Crippen LogP contribution in [0.15, 0.2) is 47.4 Å². The summed E-state index contributed by atoms with van der Waals surface area (Å²) in [6.45, 7) is 0. The lowest BCUT2D eigenvalue weighted by Crippen LogP contribution is -1.96. The molecule has 1 heterocycles. The molecule has 0 fully saturated rings. The summed E-state index contributed by atoms with van der Waals surface area (Å²) in [5, 5.41) is 2.12. The monoisotopic (exact) mass is 264 g/mol. The Labute approximate surface area is 102 Å². The minimum absolute atomic E-state index is 0.0587. The van der Waals surface area contributed by atoms with E-state index in [0.29, 0.717) is 0 Å². The lowest BCUT2D eigenvalue weighted by molar-refractivity contribution is 0.483. The van der Waals surface area contributed by atoms with Crippen LogP contribution in [0.4, 0.5) is 0 Å². The van der Waals surface area contributed by atoms with Gasteiger partial charge in [0.25, 0.3) is 10.1 Å². The van der Waals surface area contributed by atoms with E-state index in [2.05, 4.69) is 0 Å². The lowest BCUT2D eigenvalue weighted by Gasteiger charge is -1.96. The van der Waals surface area contributed by atoms with E-state index < -0.39 is 10.1 Å². The second-order valence-corrected chi connectivity index (χ2v) is 6.24. The second-order valence-electron chi connectivity index (χ2n) is 3.73. The molecule has 0 atom stereocenters. The molecular formula is C12H8O3S2. The van der Waals surface area contributed by atoms with Gasteiger partial charge in [-0.15, -0.1) is 11.3 Å². The highest BCUT2D eigenvalue weighted by Crippen LogP contribution is 2.34. The average molecular weight is 264 g/mol. The maximum atomic E-state index is 11.1. The molecule has 0 aliphatic carbocycles. The van der Waals surface area contributed by atoms with Crippen molar-refractivity contribution in [2.24, 2.45) is 0 Å². The number of hydrogen-bond acceptors (Lipinski definition) is 3. The maximum Gasteiger partial charge on any atom is 0.294 e. The summed E-state index contributed by atoms with van der Waals surface area (Å²) < 4.78 is 33.1. The molecule has 86 valence electrons. The minimum atomic E-state index is -4.13. The van der Waals surface area contributed by atoms with Crippen LogP contribution in [0.1, 0.15) is 0 Å². The molecule has 17 heavy (non-hydrogen) atoms. The van der Waals surface area contributed by atoms with Crippen molar-refractivity contribution in [3.8, 4) is 0 Å². The predicted molar refractivity (Wildman–Crippen MR) is 69.1 cm³/mol. The molecular weight excluding hydrogens is 256 g/mol. The Bertz CT molecular complexity index is 816. The van der Waals surface area contributed by atoms with Gasteiger partial charge in [-0.25, -0.2) is 0 Å². The van der Waals surface area contributed by atoms with Crippen LogP contribution >= 0.6 is 11.3 Å². The first-order chi connectivity index (χ1) is 8.05. The fourth-order valence-corrected chi connectivity index (χ4v) is 3.59. The highest BCUT2D eigenvalue weighted by molar-refractivity contribution is 7.85. The Morgan fingerprint density at radius 3 is 2.41 bits per heavy atom. The van der Waals surface area contributed by atoms with Crippen molar-refractivity contribution < 1.29 is 13.0 Å². The van der Waals surface area contributed by atoms with E-state index >= 15 is 0 Å². The molecule has 3 rings (SSSR count). The Hall–Kier alpha value is -1.43. The number of thiophene rings is 1. The summed E-state index contributed by atoms with van der Waals surface area (Å²) >= 11 is 1.52. The molecule has 0 radical (unpaired) electrons. The molecule has 0 bridgehead atoms. The first-order valence-electron chi connectivity index (χ1n) is 4.94. The van der Waals surface area contributed by atoms with E-state index in [9.17, 15) is 8.42 Å². The van der Waals surface area contributed by atoms with Crippen LogP contribution in [-0.2, 0) is 10.1 Å². The van der Waals surface area contributed by atoms with E-state index in [4.69, 9.17) is 4.55 Å². The largest absolute Gasteiger partial charge is 0.294 e. The number of hydrogen-bond donors (Lipinski definition) is 1. The van der Waals surface area contributed by atoms with Gasteiger partial charge in [-0.2, -0.15) is 8.42 Å². The second kappa shape index (κ2) is 3.53. The number of benzene rings is 2. The smallest absolute Gasteiger partial charge is 0.282 e. The van der Waals surface area contributed by atoms with Gasteiger partial charge in [0, 0.05) is 20.2 Å². The molecule has 1 N–H and O–H groups in total. The molecule has 2 aromatic carbocycles. The van der Waals surface area contributed by atoms with Crippen LogP contribution in [0.5, 0.6) is 0 Å². The van der Waals surface area contributed by atoms with Crippen molar-refractivity contribution in [3.05, 3.63) is 42.5 Å². The normalized spacial score (nSPS) is 12.3. The van der Waals surface area contributed by atoms with Gasteiger partial charge >= 0.3 is 0 Å². The minimum Gasteiger partial charge on any atom is -0.282 e. The first kappa shape index (κ1) is 10.7. The summed E-state index contributed by atoms with van der Waals surface area (Å²) in [5.41, 5.74) is 0. The molecule has 0 amide bonds. The molecule has 3 aromatic rings. The van der Waals surface area contributed by atoms with E-state index in [-0.39, 0.29) is 4.90 Å². The van der Waals surface area contributed by atoms with Crippen LogP contribution in [-0.4, -0.2) is 13.0 Å². The van der Waals surface area contributed by atoms with E-state index in [1.165, 1.54) is 23.5 Å². The zero-order valence-corrected chi connectivity index (χ0v) is 10.3. The number of fused-ring (bicyclic) bond motifs is 3. The zero-order chi connectivity index (χ0) is 12.0. The van der Waals surface area contributed by atoms with Crippen molar-refractivity contribution in [3.63, 3.8) is 0 Å². The topological polar surface area (TPSA) is 54.4 Å². The molecule has 0 unspecified atom stereocenters. The summed E-state index contributed by atoms with van der Waals surface area (Å²) in [6, 6.07) is 12.6. The zero-order valence-electron chi connectivity index (χ0n) is 8.62. The Balaban J connectivity index is 2.42. The van der Waals surface area contributed by atoms with Crippen molar-refractivity contribution in [1.29, 1.82) is 0 Å². The molecule has 3 nitrogen and oxygen atoms in total. The van der Waals surface area contributed by atoms with Gasteiger partial charge in [-0.1, -0.05) is 24.3 Å². The summed E-state index contributed by atoms with van der Waals surface area (Å²) in [4.78, 5) is -0.0587. The van der Waals surface area contributed by atoms with Crippen LogP contribution in [0.2, 0.25) is 0 Å².